The summed E-state index contributed by atoms with van der Waals surface area (Å²) in [4.78, 5) is 2.51. The van der Waals surface area contributed by atoms with Gasteiger partial charge in [-0.3, -0.25) is 0 Å². The second kappa shape index (κ2) is 6.17. The molecule has 1 saturated heterocycles. The molecule has 1 atom stereocenters. The molecule has 2 nitrogen and oxygen atoms in total. The van der Waals surface area contributed by atoms with E-state index in [-0.39, 0.29) is 6.61 Å². The van der Waals surface area contributed by atoms with Crippen LogP contribution in [0, 0.1) is 5.92 Å². The van der Waals surface area contributed by atoms with Gasteiger partial charge in [0, 0.05) is 6.54 Å². The second-order valence-electron chi connectivity index (χ2n) is 3.79. The first-order valence-electron chi connectivity index (χ1n) is 5.35. The van der Waals surface area contributed by atoms with Crippen LogP contribution in [0.4, 0.5) is 0 Å². The zero-order valence-corrected chi connectivity index (χ0v) is 8.58. The maximum atomic E-state index is 8.60. The van der Waals surface area contributed by atoms with Crippen molar-refractivity contribution >= 4 is 0 Å². The van der Waals surface area contributed by atoms with Crippen LogP contribution in [0.5, 0.6) is 0 Å². The first kappa shape index (κ1) is 10.7. The van der Waals surface area contributed by atoms with Crippen LogP contribution in [-0.2, 0) is 0 Å². The van der Waals surface area contributed by atoms with Crippen molar-refractivity contribution in [3.05, 3.63) is 12.2 Å². The van der Waals surface area contributed by atoms with Crippen LogP contribution in [0.25, 0.3) is 0 Å². The number of nitrogens with zero attached hydrogens (tertiary/aromatic N) is 1. The maximum absolute atomic E-state index is 8.60. The highest BCUT2D eigenvalue weighted by Gasteiger charge is 2.16. The Hall–Kier alpha value is -0.340. The lowest BCUT2D eigenvalue weighted by Crippen LogP contribution is -2.34. The normalized spacial score (nSPS) is 25.5. The molecule has 0 saturated carbocycles. The predicted octanol–water partition coefficient (Wildman–Crippen LogP) is 1.66. The summed E-state index contributed by atoms with van der Waals surface area (Å²) in [7, 11) is 0. The van der Waals surface area contributed by atoms with Gasteiger partial charge in [-0.15, -0.1) is 0 Å². The molecule has 0 aromatic heterocycles. The fraction of sp³-hybridized carbons (Fsp3) is 0.818. The standard InChI is InChI=1S/C11H21NO/c1-2-12-8-5-7-11(10-12)6-3-4-9-13/h3-4,11,13H,2,5-10H2,1H3/b4-3-. The third kappa shape index (κ3) is 3.92. The number of allylic oxidation sites excluding steroid dienone is 1. The minimum Gasteiger partial charge on any atom is -0.392 e. The van der Waals surface area contributed by atoms with Crippen LogP contribution in [0.15, 0.2) is 12.2 Å². The Morgan fingerprint density at radius 1 is 1.46 bits per heavy atom. The molecule has 13 heavy (non-hydrogen) atoms. The molecule has 1 unspecified atom stereocenters. The van der Waals surface area contributed by atoms with E-state index in [1.165, 1.54) is 32.5 Å². The van der Waals surface area contributed by atoms with Gasteiger partial charge in [0.05, 0.1) is 6.61 Å². The summed E-state index contributed by atoms with van der Waals surface area (Å²) in [5, 5.41) is 8.60. The van der Waals surface area contributed by atoms with Gasteiger partial charge in [0.1, 0.15) is 0 Å². The summed E-state index contributed by atoms with van der Waals surface area (Å²) in [6, 6.07) is 0. The number of likely N-dealkylation sites (tertiary alicyclic amines) is 1. The Balaban J connectivity index is 2.21. The van der Waals surface area contributed by atoms with Crippen molar-refractivity contribution in [2.75, 3.05) is 26.2 Å². The molecule has 2 heteroatoms. The Bertz CT molecular complexity index is 156. The first-order valence-corrected chi connectivity index (χ1v) is 5.35. The zero-order chi connectivity index (χ0) is 9.52. The van der Waals surface area contributed by atoms with Gasteiger partial charge in [-0.05, 0) is 38.3 Å². The lowest BCUT2D eigenvalue weighted by atomic mass is 9.95. The van der Waals surface area contributed by atoms with Crippen molar-refractivity contribution in [1.82, 2.24) is 4.90 Å². The van der Waals surface area contributed by atoms with Crippen molar-refractivity contribution in [2.45, 2.75) is 26.2 Å². The summed E-state index contributed by atoms with van der Waals surface area (Å²) in [5.74, 6) is 0.816. The Kier molecular flexibility index (Phi) is 5.09. The Morgan fingerprint density at radius 2 is 2.31 bits per heavy atom. The molecule has 0 amide bonds. The van der Waals surface area contributed by atoms with E-state index in [4.69, 9.17) is 5.11 Å². The monoisotopic (exact) mass is 183 g/mol. The van der Waals surface area contributed by atoms with Gasteiger partial charge in [0.15, 0.2) is 0 Å². The average Bonchev–Trinajstić information content (AvgIpc) is 2.19. The third-order valence-corrected chi connectivity index (χ3v) is 2.79. The molecular weight excluding hydrogens is 162 g/mol. The zero-order valence-electron chi connectivity index (χ0n) is 8.58. The second-order valence-corrected chi connectivity index (χ2v) is 3.79. The van der Waals surface area contributed by atoms with Gasteiger partial charge in [0.2, 0.25) is 0 Å². The van der Waals surface area contributed by atoms with Gasteiger partial charge in [-0.25, -0.2) is 0 Å². The molecule has 0 bridgehead atoms. The van der Waals surface area contributed by atoms with E-state index >= 15 is 0 Å². The lowest BCUT2D eigenvalue weighted by molar-refractivity contribution is 0.183. The fourth-order valence-electron chi connectivity index (χ4n) is 1.99. The molecule has 0 radical (unpaired) electrons. The molecule has 1 heterocycles. The molecule has 0 aromatic rings. The van der Waals surface area contributed by atoms with Crippen molar-refractivity contribution in [1.29, 1.82) is 0 Å². The quantitative estimate of drug-likeness (QED) is 0.670. The van der Waals surface area contributed by atoms with Crippen LogP contribution in [0.3, 0.4) is 0 Å². The number of aliphatic hydroxyl groups excluding tert-OH is 1. The van der Waals surface area contributed by atoms with E-state index in [2.05, 4.69) is 17.9 Å². The largest absolute Gasteiger partial charge is 0.392 e. The minimum absolute atomic E-state index is 0.185. The van der Waals surface area contributed by atoms with Crippen LogP contribution in [-0.4, -0.2) is 36.2 Å². The molecule has 1 N–H and O–H groups in total. The number of hydrogen-bond donors (Lipinski definition) is 1. The number of aliphatic hydroxyl groups is 1. The van der Waals surface area contributed by atoms with E-state index in [9.17, 15) is 0 Å². The Labute approximate surface area is 81.2 Å². The third-order valence-electron chi connectivity index (χ3n) is 2.79. The molecule has 1 aliphatic heterocycles. The predicted molar refractivity (Wildman–Crippen MR) is 55.7 cm³/mol. The summed E-state index contributed by atoms with van der Waals surface area (Å²) in [5.41, 5.74) is 0. The van der Waals surface area contributed by atoms with Gasteiger partial charge in [0.25, 0.3) is 0 Å². The fourth-order valence-corrected chi connectivity index (χ4v) is 1.99. The van der Waals surface area contributed by atoms with Crippen LogP contribution in [0.1, 0.15) is 26.2 Å². The molecule has 76 valence electrons. The summed E-state index contributed by atoms with van der Waals surface area (Å²) < 4.78 is 0. The average molecular weight is 183 g/mol. The highest BCUT2D eigenvalue weighted by Crippen LogP contribution is 2.19. The van der Waals surface area contributed by atoms with E-state index in [0.717, 1.165) is 12.3 Å². The molecule has 0 aliphatic carbocycles. The number of rotatable bonds is 4. The van der Waals surface area contributed by atoms with E-state index < -0.39 is 0 Å². The Morgan fingerprint density at radius 3 is 3.00 bits per heavy atom. The van der Waals surface area contributed by atoms with Crippen LogP contribution in [0.2, 0.25) is 0 Å². The molecule has 0 spiro atoms. The van der Waals surface area contributed by atoms with Crippen molar-refractivity contribution < 1.29 is 5.11 Å². The smallest absolute Gasteiger partial charge is 0.0612 e. The SMILES string of the molecule is CCN1CCCC(C/C=C\CO)C1. The molecule has 0 aromatic carbocycles. The number of hydrogen-bond acceptors (Lipinski definition) is 2. The van der Waals surface area contributed by atoms with Crippen molar-refractivity contribution in [3.8, 4) is 0 Å². The molecule has 1 aliphatic rings. The first-order chi connectivity index (χ1) is 6.36. The summed E-state index contributed by atoms with van der Waals surface area (Å²) in [6.45, 7) is 6.11. The van der Waals surface area contributed by atoms with Crippen molar-refractivity contribution in [2.24, 2.45) is 5.92 Å². The summed E-state index contributed by atoms with van der Waals surface area (Å²) >= 11 is 0. The maximum Gasteiger partial charge on any atom is 0.0612 e. The van der Waals surface area contributed by atoms with Gasteiger partial charge in [-0.1, -0.05) is 19.1 Å². The van der Waals surface area contributed by atoms with Gasteiger partial charge in [-0.2, -0.15) is 0 Å². The van der Waals surface area contributed by atoms with Gasteiger partial charge >= 0.3 is 0 Å². The molecule has 1 fully saturated rings. The molecule has 1 rings (SSSR count). The minimum atomic E-state index is 0.185. The molecular formula is C11H21NO. The summed E-state index contributed by atoms with van der Waals surface area (Å²) in [6.07, 6.45) is 7.80. The highest BCUT2D eigenvalue weighted by atomic mass is 16.2. The number of piperidine rings is 1. The topological polar surface area (TPSA) is 23.5 Å². The van der Waals surface area contributed by atoms with Crippen LogP contribution >= 0.6 is 0 Å². The highest BCUT2D eigenvalue weighted by molar-refractivity contribution is 4.85. The lowest BCUT2D eigenvalue weighted by Gasteiger charge is -2.31. The van der Waals surface area contributed by atoms with E-state index in [1.54, 1.807) is 0 Å². The van der Waals surface area contributed by atoms with E-state index in [0.29, 0.717) is 0 Å². The van der Waals surface area contributed by atoms with Crippen LogP contribution < -0.4 is 0 Å². The van der Waals surface area contributed by atoms with Gasteiger partial charge < -0.3 is 10.0 Å². The van der Waals surface area contributed by atoms with E-state index in [1.807, 2.05) is 6.08 Å². The van der Waals surface area contributed by atoms with Crippen molar-refractivity contribution in [3.63, 3.8) is 0 Å².